The normalized spacial score (nSPS) is 10.5. The molecule has 1 rings (SSSR count). The Labute approximate surface area is 96.6 Å². The number of anilines is 1. The predicted octanol–water partition coefficient (Wildman–Crippen LogP) is 2.16. The van der Waals surface area contributed by atoms with Crippen LogP contribution < -0.4 is 10.6 Å². The molecule has 0 heterocycles. The number of benzene rings is 1. The van der Waals surface area contributed by atoms with E-state index in [1.54, 1.807) is 31.3 Å². The Balaban J connectivity index is 2.74. The van der Waals surface area contributed by atoms with Gasteiger partial charge in [-0.3, -0.25) is 4.79 Å². The van der Waals surface area contributed by atoms with Crippen LogP contribution in [0.2, 0.25) is 0 Å². The quantitative estimate of drug-likeness (QED) is 0.782. The van der Waals surface area contributed by atoms with Gasteiger partial charge in [-0.15, -0.1) is 0 Å². The summed E-state index contributed by atoms with van der Waals surface area (Å²) in [4.78, 5) is 11.6. The molecule has 0 bridgehead atoms. The molecule has 0 spiro atoms. The van der Waals surface area contributed by atoms with Crippen LogP contribution in [0.1, 0.15) is 0 Å². The number of para-hydroxylation sites is 1. The molecule has 0 radical (unpaired) electrons. The molecule has 2 N–H and O–H groups in total. The van der Waals surface area contributed by atoms with E-state index in [0.717, 1.165) is 0 Å². The second-order valence-electron chi connectivity index (χ2n) is 2.95. The average Bonchev–Trinajstić information content (AvgIpc) is 2.20. The molecule has 3 nitrogen and oxygen atoms in total. The highest BCUT2D eigenvalue weighted by Crippen LogP contribution is 2.31. The molecule has 16 heavy (non-hydrogen) atoms. The number of nitrogens with one attached hydrogen (secondary N) is 2. The van der Waals surface area contributed by atoms with Gasteiger partial charge in [0.1, 0.15) is 0 Å². The summed E-state index contributed by atoms with van der Waals surface area (Å²) in [7, 11) is 1.64. The predicted molar refractivity (Wildman–Crippen MR) is 60.9 cm³/mol. The number of alkyl halides is 2. The van der Waals surface area contributed by atoms with Crippen molar-refractivity contribution in [1.82, 2.24) is 5.32 Å². The van der Waals surface area contributed by atoms with Gasteiger partial charge in [0.15, 0.2) is 0 Å². The maximum absolute atomic E-state index is 12.2. The highest BCUT2D eigenvalue weighted by atomic mass is 32.2. The minimum atomic E-state index is -2.50. The Kier molecular flexibility index (Phi) is 5.21. The number of carbonyl (C=O) groups is 1. The summed E-state index contributed by atoms with van der Waals surface area (Å²) in [5.41, 5.74) is 0.410. The molecule has 0 aliphatic heterocycles. The summed E-state index contributed by atoms with van der Waals surface area (Å²) < 4.78 is 24.4. The Morgan fingerprint density at radius 3 is 2.75 bits per heavy atom. The molecule has 1 aromatic rings. The standard InChI is InChI=1S/C10H12F2N2OS/c1-13-6-9(15)14-7-4-2-3-5-8(7)16-10(11)12/h2-5,10,13H,6H2,1H3,(H,14,15). The second kappa shape index (κ2) is 6.44. The van der Waals surface area contributed by atoms with Crippen LogP contribution in [0, 0.1) is 0 Å². The summed E-state index contributed by atoms with van der Waals surface area (Å²) >= 11 is 0.417. The number of carbonyl (C=O) groups excluding carboxylic acids is 1. The summed E-state index contributed by atoms with van der Waals surface area (Å²) in [6.07, 6.45) is 0. The number of halogens is 2. The van der Waals surface area contributed by atoms with Gasteiger partial charge in [-0.1, -0.05) is 23.9 Å². The first-order valence-electron chi connectivity index (χ1n) is 4.61. The number of hydrogen-bond acceptors (Lipinski definition) is 3. The third-order valence-electron chi connectivity index (χ3n) is 1.71. The first-order chi connectivity index (χ1) is 7.63. The van der Waals surface area contributed by atoms with Crippen molar-refractivity contribution in [3.63, 3.8) is 0 Å². The zero-order chi connectivity index (χ0) is 12.0. The van der Waals surface area contributed by atoms with Crippen molar-refractivity contribution >= 4 is 23.4 Å². The number of hydrogen-bond donors (Lipinski definition) is 2. The zero-order valence-corrected chi connectivity index (χ0v) is 9.48. The molecule has 0 saturated carbocycles. The monoisotopic (exact) mass is 246 g/mol. The van der Waals surface area contributed by atoms with Crippen LogP contribution in [0.3, 0.4) is 0 Å². The van der Waals surface area contributed by atoms with Crippen molar-refractivity contribution in [2.24, 2.45) is 0 Å². The Hall–Kier alpha value is -1.14. The van der Waals surface area contributed by atoms with Crippen LogP contribution in [0.4, 0.5) is 14.5 Å². The van der Waals surface area contributed by atoms with Gasteiger partial charge >= 0.3 is 0 Å². The lowest BCUT2D eigenvalue weighted by Crippen LogP contribution is -2.25. The van der Waals surface area contributed by atoms with Gasteiger partial charge in [-0.05, 0) is 19.2 Å². The molecule has 88 valence electrons. The van der Waals surface area contributed by atoms with Crippen molar-refractivity contribution in [2.75, 3.05) is 18.9 Å². The zero-order valence-electron chi connectivity index (χ0n) is 8.67. The van der Waals surface area contributed by atoms with E-state index >= 15 is 0 Å². The highest BCUT2D eigenvalue weighted by Gasteiger charge is 2.10. The lowest BCUT2D eigenvalue weighted by atomic mass is 10.3. The van der Waals surface area contributed by atoms with Crippen LogP contribution in [0.5, 0.6) is 0 Å². The first kappa shape index (κ1) is 12.9. The summed E-state index contributed by atoms with van der Waals surface area (Å²) in [6.45, 7) is 0.147. The molecule has 0 saturated heterocycles. The minimum Gasteiger partial charge on any atom is -0.324 e. The van der Waals surface area contributed by atoms with Gasteiger partial charge in [0, 0.05) is 4.90 Å². The molecule has 0 aromatic heterocycles. The van der Waals surface area contributed by atoms with Gasteiger partial charge in [0.2, 0.25) is 5.91 Å². The summed E-state index contributed by atoms with van der Waals surface area (Å²) in [6, 6.07) is 6.48. The molecule has 0 fully saturated rings. The topological polar surface area (TPSA) is 41.1 Å². The van der Waals surface area contributed by atoms with Gasteiger partial charge in [0.25, 0.3) is 5.76 Å². The van der Waals surface area contributed by atoms with Gasteiger partial charge in [-0.25, -0.2) is 0 Å². The van der Waals surface area contributed by atoms with Crippen LogP contribution in [-0.4, -0.2) is 25.3 Å². The molecule has 0 aliphatic rings. The van der Waals surface area contributed by atoms with Crippen LogP contribution in [0.25, 0.3) is 0 Å². The van der Waals surface area contributed by atoms with Gasteiger partial charge < -0.3 is 10.6 Å². The molecule has 1 amide bonds. The molecular weight excluding hydrogens is 234 g/mol. The highest BCUT2D eigenvalue weighted by molar-refractivity contribution is 7.99. The van der Waals surface area contributed by atoms with E-state index in [1.807, 2.05) is 0 Å². The fourth-order valence-corrected chi connectivity index (χ4v) is 1.72. The van der Waals surface area contributed by atoms with Crippen molar-refractivity contribution in [3.05, 3.63) is 24.3 Å². The maximum atomic E-state index is 12.2. The van der Waals surface area contributed by atoms with Crippen LogP contribution in [-0.2, 0) is 4.79 Å². The maximum Gasteiger partial charge on any atom is 0.288 e. The van der Waals surface area contributed by atoms with E-state index < -0.39 is 5.76 Å². The molecule has 0 atom stereocenters. The van der Waals surface area contributed by atoms with Crippen LogP contribution in [0.15, 0.2) is 29.2 Å². The molecule has 6 heteroatoms. The van der Waals surface area contributed by atoms with Gasteiger partial charge in [0.05, 0.1) is 12.2 Å². The number of amides is 1. The van der Waals surface area contributed by atoms with Crippen LogP contribution >= 0.6 is 11.8 Å². The smallest absolute Gasteiger partial charge is 0.288 e. The molecule has 0 aliphatic carbocycles. The molecule has 0 unspecified atom stereocenters. The van der Waals surface area contributed by atoms with E-state index in [0.29, 0.717) is 22.3 Å². The number of thioether (sulfide) groups is 1. The van der Waals surface area contributed by atoms with E-state index in [-0.39, 0.29) is 12.5 Å². The third-order valence-corrected chi connectivity index (χ3v) is 2.50. The lowest BCUT2D eigenvalue weighted by molar-refractivity contribution is -0.115. The van der Waals surface area contributed by atoms with Crippen molar-refractivity contribution in [3.8, 4) is 0 Å². The Morgan fingerprint density at radius 2 is 2.12 bits per heavy atom. The summed E-state index contributed by atoms with van der Waals surface area (Å²) in [5.74, 6) is -2.76. The Bertz CT molecular complexity index is 360. The van der Waals surface area contributed by atoms with Gasteiger partial charge in [-0.2, -0.15) is 8.78 Å². The fourth-order valence-electron chi connectivity index (χ4n) is 1.12. The average molecular weight is 246 g/mol. The van der Waals surface area contributed by atoms with Crippen molar-refractivity contribution in [2.45, 2.75) is 10.7 Å². The van der Waals surface area contributed by atoms with E-state index in [1.165, 1.54) is 0 Å². The van der Waals surface area contributed by atoms with Crippen molar-refractivity contribution < 1.29 is 13.6 Å². The Morgan fingerprint density at radius 1 is 1.44 bits per heavy atom. The third kappa shape index (κ3) is 4.16. The molecular formula is C10H12F2N2OS. The number of rotatable bonds is 5. The second-order valence-corrected chi connectivity index (χ2v) is 3.99. The fraction of sp³-hybridized carbons (Fsp3) is 0.300. The lowest BCUT2D eigenvalue weighted by Gasteiger charge is -2.09. The minimum absolute atomic E-state index is 0.147. The first-order valence-corrected chi connectivity index (χ1v) is 5.49. The van der Waals surface area contributed by atoms with Crippen molar-refractivity contribution in [1.29, 1.82) is 0 Å². The summed E-state index contributed by atoms with van der Waals surface area (Å²) in [5, 5.41) is 5.24. The van der Waals surface area contributed by atoms with E-state index in [2.05, 4.69) is 10.6 Å². The number of likely N-dealkylation sites (N-methyl/N-ethyl adjacent to an activating group) is 1. The largest absolute Gasteiger partial charge is 0.324 e. The SMILES string of the molecule is CNCC(=O)Nc1ccccc1SC(F)F. The van der Waals surface area contributed by atoms with E-state index in [4.69, 9.17) is 0 Å². The molecule has 1 aromatic carbocycles. The van der Waals surface area contributed by atoms with E-state index in [9.17, 15) is 13.6 Å².